The molecule has 10 nitrogen and oxygen atoms in total. The summed E-state index contributed by atoms with van der Waals surface area (Å²) in [6.45, 7) is -0.160. The van der Waals surface area contributed by atoms with Crippen molar-refractivity contribution in [1.82, 2.24) is 9.97 Å². The Morgan fingerprint density at radius 1 is 1.00 bits per heavy atom. The van der Waals surface area contributed by atoms with E-state index in [2.05, 4.69) is 25.9 Å². The van der Waals surface area contributed by atoms with Crippen molar-refractivity contribution in [3.05, 3.63) is 84.1 Å². The summed E-state index contributed by atoms with van der Waals surface area (Å²) in [5, 5.41) is 18.7. The largest absolute Gasteiger partial charge is 0.416 e. The van der Waals surface area contributed by atoms with Gasteiger partial charge in [-0.1, -0.05) is 12.1 Å². The molecule has 0 fully saturated rings. The number of carbonyl (C=O) groups excluding carboxylic acids is 1. The van der Waals surface area contributed by atoms with E-state index in [1.54, 1.807) is 12.1 Å². The monoisotopic (exact) mass is 602 g/mol. The van der Waals surface area contributed by atoms with Crippen LogP contribution in [0.4, 0.5) is 55.6 Å². The SMILES string of the molecule is N#CCNc1nc(Nc2cccc([SH](=N)=O)c2)ncc1-c1ccc(NC(=O)Nc2cc(C(F)(F)F)ccc2F)c(F)c1. The Morgan fingerprint density at radius 2 is 1.76 bits per heavy atom. The topological polar surface area (TPSA) is 156 Å². The lowest BCUT2D eigenvalue weighted by atomic mass is 10.1. The number of nitriles is 1. The lowest BCUT2D eigenvalue weighted by molar-refractivity contribution is -0.137. The van der Waals surface area contributed by atoms with E-state index in [1.165, 1.54) is 30.5 Å². The van der Waals surface area contributed by atoms with Crippen molar-refractivity contribution in [3.63, 3.8) is 0 Å². The number of nitrogens with one attached hydrogen (secondary N) is 5. The van der Waals surface area contributed by atoms with Crippen LogP contribution >= 0.6 is 0 Å². The van der Waals surface area contributed by atoms with Crippen LogP contribution in [0.25, 0.3) is 11.1 Å². The minimum Gasteiger partial charge on any atom is -0.356 e. The van der Waals surface area contributed by atoms with Gasteiger partial charge in [0, 0.05) is 22.3 Å². The number of aromatic nitrogens is 2. The second-order valence-corrected chi connectivity index (χ2v) is 9.51. The molecule has 0 bridgehead atoms. The van der Waals surface area contributed by atoms with Gasteiger partial charge >= 0.3 is 12.2 Å². The third-order valence-corrected chi connectivity index (χ3v) is 6.28. The Hall–Kier alpha value is -5.30. The number of anilines is 5. The van der Waals surface area contributed by atoms with Crippen molar-refractivity contribution in [2.45, 2.75) is 11.1 Å². The van der Waals surface area contributed by atoms with Crippen LogP contribution in [0.3, 0.4) is 0 Å². The van der Waals surface area contributed by atoms with Gasteiger partial charge in [0.2, 0.25) is 5.95 Å². The summed E-state index contributed by atoms with van der Waals surface area (Å²) >= 11 is 0. The first-order valence-electron chi connectivity index (χ1n) is 11.7. The van der Waals surface area contributed by atoms with Crippen LogP contribution in [0.2, 0.25) is 0 Å². The number of amides is 2. The van der Waals surface area contributed by atoms with Gasteiger partial charge in [-0.3, -0.25) is 4.78 Å². The van der Waals surface area contributed by atoms with Crippen molar-refractivity contribution in [3.8, 4) is 17.2 Å². The fraction of sp³-hybridized carbons (Fsp3) is 0.0769. The zero-order valence-electron chi connectivity index (χ0n) is 21.1. The van der Waals surface area contributed by atoms with Gasteiger partial charge in [0.05, 0.1) is 33.6 Å². The van der Waals surface area contributed by atoms with E-state index < -0.39 is 45.7 Å². The first-order valence-corrected chi connectivity index (χ1v) is 13.0. The van der Waals surface area contributed by atoms with Gasteiger partial charge in [-0.15, -0.1) is 0 Å². The highest BCUT2D eigenvalue weighted by atomic mass is 32.2. The second kappa shape index (κ2) is 12.5. The highest BCUT2D eigenvalue weighted by Gasteiger charge is 2.31. The Labute approximate surface area is 236 Å². The quantitative estimate of drug-likeness (QED) is 0.0778. The van der Waals surface area contributed by atoms with Crippen LogP contribution in [0, 0.1) is 27.7 Å². The lowest BCUT2D eigenvalue weighted by Crippen LogP contribution is -2.21. The summed E-state index contributed by atoms with van der Waals surface area (Å²) in [6, 6.07) is 12.0. The number of urea groups is 1. The van der Waals surface area contributed by atoms with Crippen LogP contribution in [0.1, 0.15) is 5.56 Å². The number of alkyl halides is 3. The Kier molecular flexibility index (Phi) is 8.82. The molecule has 0 saturated heterocycles. The number of rotatable bonds is 8. The van der Waals surface area contributed by atoms with Gasteiger partial charge in [0.25, 0.3) is 0 Å². The molecule has 0 aliphatic rings. The summed E-state index contributed by atoms with van der Waals surface area (Å²) < 4.78 is 86.6. The molecule has 0 radical (unpaired) electrons. The van der Waals surface area contributed by atoms with Crippen molar-refractivity contribution < 1.29 is 31.0 Å². The molecule has 4 aromatic rings. The van der Waals surface area contributed by atoms with Gasteiger partial charge < -0.3 is 21.3 Å². The average Bonchev–Trinajstić information content (AvgIpc) is 2.94. The number of thiol groups is 1. The molecule has 4 rings (SSSR count). The summed E-state index contributed by atoms with van der Waals surface area (Å²) in [6.07, 6.45) is -3.43. The molecule has 1 heterocycles. The smallest absolute Gasteiger partial charge is 0.356 e. The maximum Gasteiger partial charge on any atom is 0.416 e. The van der Waals surface area contributed by atoms with E-state index in [0.29, 0.717) is 23.9 Å². The lowest BCUT2D eigenvalue weighted by Gasteiger charge is -2.14. The standard InChI is InChI=1S/C26H19F5N8O2S/c27-19-6-5-15(26(29,30)31)11-22(19)38-25(40)37-21-7-4-14(10-20(21)28)18-13-35-24(39-23(18)34-9-8-32)36-16-2-1-3-17(12-16)42(33)41/h1-7,10-13,33,42H,9H2,(H2,37,38,40)(H2,34,35,36,39). The molecule has 1 unspecified atom stereocenters. The van der Waals surface area contributed by atoms with Crippen LogP contribution in [0.5, 0.6) is 0 Å². The van der Waals surface area contributed by atoms with Gasteiger partial charge in [0.1, 0.15) is 24.0 Å². The minimum absolute atomic E-state index is 0.0776. The molecule has 0 saturated carbocycles. The zero-order valence-corrected chi connectivity index (χ0v) is 21.9. The fourth-order valence-corrected chi connectivity index (χ4v) is 4.09. The van der Waals surface area contributed by atoms with Crippen LogP contribution in [-0.4, -0.2) is 26.8 Å². The zero-order chi connectivity index (χ0) is 30.4. The highest BCUT2D eigenvalue weighted by Crippen LogP contribution is 2.33. The van der Waals surface area contributed by atoms with Gasteiger partial charge in [0.15, 0.2) is 0 Å². The van der Waals surface area contributed by atoms with E-state index in [1.807, 2.05) is 11.4 Å². The normalized spacial score (nSPS) is 11.7. The minimum atomic E-state index is -4.77. The number of nitrogens with zero attached hydrogens (tertiary/aromatic N) is 3. The second-order valence-electron chi connectivity index (χ2n) is 8.40. The number of hydrogen-bond acceptors (Lipinski definition) is 8. The number of hydrogen-bond donors (Lipinski definition) is 6. The molecule has 216 valence electrons. The van der Waals surface area contributed by atoms with Crippen LogP contribution < -0.4 is 21.3 Å². The van der Waals surface area contributed by atoms with Crippen LogP contribution in [0.15, 0.2) is 71.8 Å². The van der Waals surface area contributed by atoms with Gasteiger partial charge in [-0.05, 0) is 54.1 Å². The van der Waals surface area contributed by atoms with Crippen LogP contribution in [-0.2, 0) is 16.8 Å². The van der Waals surface area contributed by atoms with Gasteiger partial charge in [-0.2, -0.15) is 23.4 Å². The summed E-state index contributed by atoms with van der Waals surface area (Å²) in [5.41, 5.74) is -1.33. The molecule has 5 N–H and O–H groups in total. The molecule has 0 aliphatic heterocycles. The van der Waals surface area contributed by atoms with Crippen molar-refractivity contribution in [1.29, 1.82) is 10.0 Å². The molecule has 16 heteroatoms. The number of carbonyl (C=O) groups is 1. The Morgan fingerprint density at radius 3 is 2.45 bits per heavy atom. The third kappa shape index (κ3) is 7.26. The van der Waals surface area contributed by atoms with E-state index in [0.717, 1.165) is 6.07 Å². The molecule has 1 atom stereocenters. The summed E-state index contributed by atoms with van der Waals surface area (Å²) in [4.78, 5) is 21.1. The molecule has 42 heavy (non-hydrogen) atoms. The number of benzene rings is 3. The van der Waals surface area contributed by atoms with Crippen molar-refractivity contribution >= 4 is 45.5 Å². The Bertz CT molecular complexity index is 1760. The highest BCUT2D eigenvalue weighted by molar-refractivity contribution is 7.73. The predicted octanol–water partition coefficient (Wildman–Crippen LogP) is 6.37. The third-order valence-electron chi connectivity index (χ3n) is 5.53. The first-order chi connectivity index (χ1) is 19.9. The molecule has 2 amide bonds. The van der Waals surface area contributed by atoms with Crippen molar-refractivity contribution in [2.24, 2.45) is 0 Å². The maximum absolute atomic E-state index is 15.0. The Balaban J connectivity index is 1.55. The first kappa shape index (κ1) is 29.7. The van der Waals surface area contributed by atoms with E-state index in [-0.39, 0.29) is 40.0 Å². The molecular formula is C26H19F5N8O2S. The van der Waals surface area contributed by atoms with E-state index in [4.69, 9.17) is 10.0 Å². The molecule has 0 aliphatic carbocycles. The molecule has 3 aromatic carbocycles. The predicted molar refractivity (Wildman–Crippen MR) is 146 cm³/mol. The molecular weight excluding hydrogens is 583 g/mol. The average molecular weight is 603 g/mol. The van der Waals surface area contributed by atoms with E-state index in [9.17, 15) is 31.0 Å². The summed E-state index contributed by atoms with van der Waals surface area (Å²) in [5.74, 6) is -1.84. The molecule has 0 spiro atoms. The van der Waals surface area contributed by atoms with Crippen molar-refractivity contribution in [2.75, 3.05) is 27.8 Å². The fourth-order valence-electron chi connectivity index (χ4n) is 3.61. The number of halogens is 5. The van der Waals surface area contributed by atoms with Gasteiger partial charge in [-0.25, -0.2) is 22.8 Å². The maximum atomic E-state index is 15.0. The molecule has 1 aromatic heterocycles. The van der Waals surface area contributed by atoms with E-state index >= 15 is 0 Å². The summed E-state index contributed by atoms with van der Waals surface area (Å²) in [7, 11) is -2.32.